The molecule has 7 nitrogen and oxygen atoms in total. The number of carbonyl (C=O) groups is 2. The molecule has 44 heavy (non-hydrogen) atoms. The van der Waals surface area contributed by atoms with Crippen molar-refractivity contribution >= 4 is 11.9 Å². The van der Waals surface area contributed by atoms with Crippen molar-refractivity contribution in [2.24, 2.45) is 46.3 Å². The van der Waals surface area contributed by atoms with Crippen LogP contribution in [0.3, 0.4) is 0 Å². The molecule has 5 aliphatic rings. The number of carbonyl (C=O) groups excluding carboxylic acids is 2. The maximum Gasteiger partial charge on any atom is 0.306 e. The van der Waals surface area contributed by atoms with Crippen LogP contribution in [0.4, 0.5) is 0 Å². The van der Waals surface area contributed by atoms with Gasteiger partial charge in [0, 0.05) is 12.8 Å². The molecule has 4 saturated carbocycles. The summed E-state index contributed by atoms with van der Waals surface area (Å²) in [5.41, 5.74) is -0.183. The molecular weight excluding hydrogens is 554 g/mol. The summed E-state index contributed by atoms with van der Waals surface area (Å²) in [4.78, 5) is 24.9. The summed E-state index contributed by atoms with van der Waals surface area (Å²) in [6.45, 7) is 15.7. The van der Waals surface area contributed by atoms with Gasteiger partial charge in [0.05, 0.1) is 36.6 Å². The number of quaternary nitrogens is 1. The van der Waals surface area contributed by atoms with Crippen molar-refractivity contribution in [2.75, 3.05) is 6.61 Å². The van der Waals surface area contributed by atoms with Gasteiger partial charge in [-0.2, -0.15) is 0 Å². The van der Waals surface area contributed by atoms with Crippen LogP contribution in [-0.4, -0.2) is 46.9 Å². The van der Waals surface area contributed by atoms with Gasteiger partial charge in [-0.15, -0.1) is 0 Å². The quantitative estimate of drug-likeness (QED) is 0.177. The zero-order chi connectivity index (χ0) is 32.1. The van der Waals surface area contributed by atoms with Crippen molar-refractivity contribution in [3.63, 3.8) is 0 Å². The Bertz CT molecular complexity index is 1030. The molecule has 4 aliphatic carbocycles. The molecule has 7 heteroatoms. The largest absolute Gasteiger partial charge is 0.634 e. The van der Waals surface area contributed by atoms with E-state index in [9.17, 15) is 19.9 Å². The summed E-state index contributed by atoms with van der Waals surface area (Å²) in [5, 5.41) is 23.2. The summed E-state index contributed by atoms with van der Waals surface area (Å²) in [5.74, 6) is 3.87. The Labute approximate surface area is 267 Å². The van der Waals surface area contributed by atoms with E-state index in [-0.39, 0.29) is 42.1 Å². The van der Waals surface area contributed by atoms with Crippen LogP contribution in [0.15, 0.2) is 0 Å². The van der Waals surface area contributed by atoms with Crippen LogP contribution in [0.25, 0.3) is 0 Å². The first-order valence-electron chi connectivity index (χ1n) is 18.1. The average molecular weight is 618 g/mol. The highest BCUT2D eigenvalue weighted by atomic mass is 16.6. The number of hydroxylamine groups is 2. The number of hydrogen-bond acceptors (Lipinski definition) is 6. The van der Waals surface area contributed by atoms with Crippen molar-refractivity contribution in [1.29, 1.82) is 0 Å². The molecule has 0 amide bonds. The van der Waals surface area contributed by atoms with E-state index in [1.165, 1.54) is 44.9 Å². The third-order valence-electron chi connectivity index (χ3n) is 14.0. The molecule has 1 saturated heterocycles. The van der Waals surface area contributed by atoms with Crippen LogP contribution in [0.2, 0.25) is 0 Å². The van der Waals surface area contributed by atoms with Gasteiger partial charge in [0.2, 0.25) is 0 Å². The number of nitrogens with one attached hydrogen (secondary N) is 1. The zero-order valence-corrected chi connectivity index (χ0v) is 28.9. The molecule has 252 valence electrons. The lowest BCUT2D eigenvalue weighted by Crippen LogP contribution is -3.23. The zero-order valence-electron chi connectivity index (χ0n) is 28.9. The molecule has 0 radical (unpaired) electrons. The number of rotatable bonds is 9. The third kappa shape index (κ3) is 6.63. The fraction of sp³-hybridized carbons (Fsp3) is 0.946. The molecule has 1 aliphatic heterocycles. The highest BCUT2D eigenvalue weighted by Gasteiger charge is 2.60. The van der Waals surface area contributed by atoms with E-state index in [0.29, 0.717) is 42.1 Å². The Morgan fingerprint density at radius 2 is 1.50 bits per heavy atom. The summed E-state index contributed by atoms with van der Waals surface area (Å²) < 4.78 is 11.2. The first kappa shape index (κ1) is 34.2. The summed E-state index contributed by atoms with van der Waals surface area (Å²) in [6.07, 6.45) is 14.0. The van der Waals surface area contributed by atoms with Crippen LogP contribution in [0, 0.1) is 51.5 Å². The molecular formula is C37H63NO6. The smallest absolute Gasteiger partial charge is 0.306 e. The number of hydrogen-bond donors (Lipinski definition) is 2. The molecule has 9 atom stereocenters. The van der Waals surface area contributed by atoms with Gasteiger partial charge in [0.15, 0.2) is 0 Å². The number of esters is 2. The molecule has 5 fully saturated rings. The second-order valence-corrected chi connectivity index (χ2v) is 17.8. The van der Waals surface area contributed by atoms with Crippen LogP contribution < -0.4 is 5.06 Å². The van der Waals surface area contributed by atoms with Gasteiger partial charge in [-0.25, -0.2) is 0 Å². The molecule has 1 heterocycles. The van der Waals surface area contributed by atoms with Crippen molar-refractivity contribution < 1.29 is 29.2 Å². The van der Waals surface area contributed by atoms with Gasteiger partial charge in [-0.1, -0.05) is 20.8 Å². The SMILES string of the molecule is C[C@H](CCCOC(=O)CCC(=O)OC1CC(C)(C)[NH+]([O-])C(C)(C)C1)[C@H]1CC[C@H]2[C@@H]3CCC4C[C@H](O)CC[C@]4(C)[C@H]3CC[C@]12C. The predicted octanol–water partition coefficient (Wildman–Crippen LogP) is 6.39. The van der Waals surface area contributed by atoms with Gasteiger partial charge >= 0.3 is 11.9 Å². The number of fused-ring (bicyclic) bond motifs is 5. The van der Waals surface area contributed by atoms with Gasteiger partial charge in [0.1, 0.15) is 6.10 Å². The molecule has 5 rings (SSSR count). The minimum Gasteiger partial charge on any atom is -0.634 e. The van der Waals surface area contributed by atoms with E-state index >= 15 is 0 Å². The number of aliphatic hydroxyl groups excluding tert-OH is 1. The molecule has 0 aromatic carbocycles. The summed E-state index contributed by atoms with van der Waals surface area (Å²) >= 11 is 0. The number of aliphatic hydroxyl groups is 1. The second kappa shape index (κ2) is 12.8. The van der Waals surface area contributed by atoms with Gasteiger partial charge in [-0.05, 0) is 145 Å². The maximum atomic E-state index is 12.6. The first-order valence-corrected chi connectivity index (χ1v) is 18.1. The van der Waals surface area contributed by atoms with Crippen LogP contribution in [-0.2, 0) is 19.1 Å². The molecule has 0 aromatic rings. The lowest BCUT2D eigenvalue weighted by Gasteiger charge is -2.61. The van der Waals surface area contributed by atoms with Gasteiger partial charge in [0.25, 0.3) is 0 Å². The van der Waals surface area contributed by atoms with Crippen molar-refractivity contribution in [3.05, 3.63) is 5.21 Å². The van der Waals surface area contributed by atoms with Crippen LogP contribution >= 0.6 is 0 Å². The van der Waals surface area contributed by atoms with Crippen LogP contribution in [0.1, 0.15) is 145 Å². The minimum absolute atomic E-state index is 0.0187. The van der Waals surface area contributed by atoms with E-state index in [0.717, 1.165) is 49.4 Å². The standard InChI is InChI=1S/C37H63NO6/c1-24(9-8-20-43-32(40)14-15-33(41)44-27-22-34(2,3)38(42)35(4,5)23-27)29-12-13-30-28-11-10-25-21-26(39)16-18-36(25,6)31(28)17-19-37(29,30)7/h24-31,38-39H,8-23H2,1-7H3/t24-,25?,26-,28+,29-,30+,31+,36+,37-/m1/s1. The van der Waals surface area contributed by atoms with E-state index in [4.69, 9.17) is 9.47 Å². The normalized spacial score (nSPS) is 43.2. The molecule has 2 N–H and O–H groups in total. The molecule has 1 unspecified atom stereocenters. The highest BCUT2D eigenvalue weighted by Crippen LogP contribution is 2.68. The monoisotopic (exact) mass is 617 g/mol. The van der Waals surface area contributed by atoms with E-state index in [1.54, 1.807) is 0 Å². The predicted molar refractivity (Wildman–Crippen MR) is 171 cm³/mol. The molecule has 0 spiro atoms. The Morgan fingerprint density at radius 3 is 2.20 bits per heavy atom. The lowest BCUT2D eigenvalue weighted by molar-refractivity contribution is -0.956. The Balaban J connectivity index is 1.02. The molecule has 0 bridgehead atoms. The minimum atomic E-state index is -0.517. The van der Waals surface area contributed by atoms with Gasteiger partial charge in [-0.3, -0.25) is 9.59 Å². The lowest BCUT2D eigenvalue weighted by atomic mass is 9.44. The fourth-order valence-corrected chi connectivity index (χ4v) is 11.9. The number of ether oxygens (including phenoxy) is 2. The highest BCUT2D eigenvalue weighted by molar-refractivity contribution is 5.77. The van der Waals surface area contributed by atoms with Crippen molar-refractivity contribution in [1.82, 2.24) is 0 Å². The molecule has 0 aromatic heterocycles. The maximum absolute atomic E-state index is 12.6. The van der Waals surface area contributed by atoms with Gasteiger partial charge < -0.3 is 24.9 Å². The van der Waals surface area contributed by atoms with E-state index in [2.05, 4.69) is 20.8 Å². The van der Waals surface area contributed by atoms with E-state index in [1.807, 2.05) is 27.7 Å². The van der Waals surface area contributed by atoms with Crippen molar-refractivity contribution in [3.8, 4) is 0 Å². The van der Waals surface area contributed by atoms with Crippen LogP contribution in [0.5, 0.6) is 0 Å². The Hall–Kier alpha value is -1.18. The average Bonchev–Trinajstić information content (AvgIpc) is 3.30. The number of piperidine rings is 1. The Kier molecular flexibility index (Phi) is 9.93. The Morgan fingerprint density at radius 1 is 0.864 bits per heavy atom. The summed E-state index contributed by atoms with van der Waals surface area (Å²) in [6, 6.07) is 0. The second-order valence-electron chi connectivity index (χ2n) is 17.8. The topological polar surface area (TPSA) is 100 Å². The third-order valence-corrected chi connectivity index (χ3v) is 14.0. The first-order chi connectivity index (χ1) is 20.6. The van der Waals surface area contributed by atoms with E-state index < -0.39 is 11.1 Å². The fourth-order valence-electron chi connectivity index (χ4n) is 11.9. The summed E-state index contributed by atoms with van der Waals surface area (Å²) in [7, 11) is 0. The van der Waals surface area contributed by atoms with Crippen molar-refractivity contribution in [2.45, 2.75) is 168 Å².